The summed E-state index contributed by atoms with van der Waals surface area (Å²) in [6, 6.07) is 14.0. The summed E-state index contributed by atoms with van der Waals surface area (Å²) in [5.74, 6) is -0.142. The van der Waals surface area contributed by atoms with Crippen LogP contribution < -0.4 is 10.9 Å². The van der Waals surface area contributed by atoms with Crippen LogP contribution in [0, 0.1) is 5.82 Å². The van der Waals surface area contributed by atoms with Crippen LogP contribution in [0.15, 0.2) is 71.9 Å². The van der Waals surface area contributed by atoms with Crippen LogP contribution in [-0.4, -0.2) is 21.1 Å². The summed E-state index contributed by atoms with van der Waals surface area (Å²) in [6.45, 7) is 0.567. The van der Waals surface area contributed by atoms with Crippen LogP contribution in [0.3, 0.4) is 0 Å². The van der Waals surface area contributed by atoms with E-state index in [1.54, 1.807) is 12.1 Å². The number of benzene rings is 2. The molecular formula is C20H17FN4O. The molecule has 0 saturated carbocycles. The Morgan fingerprint density at radius 2 is 2.04 bits per heavy atom. The van der Waals surface area contributed by atoms with Crippen molar-refractivity contribution in [1.29, 1.82) is 0 Å². The first-order valence-corrected chi connectivity index (χ1v) is 8.35. The van der Waals surface area contributed by atoms with Crippen molar-refractivity contribution in [2.45, 2.75) is 6.42 Å². The number of halogens is 1. The van der Waals surface area contributed by atoms with Gasteiger partial charge >= 0.3 is 0 Å². The van der Waals surface area contributed by atoms with Crippen molar-refractivity contribution in [3.8, 4) is 5.69 Å². The van der Waals surface area contributed by atoms with Gasteiger partial charge in [0.2, 0.25) is 0 Å². The van der Waals surface area contributed by atoms with Crippen LogP contribution in [0.1, 0.15) is 5.56 Å². The lowest BCUT2D eigenvalue weighted by Crippen LogP contribution is -2.24. The van der Waals surface area contributed by atoms with Gasteiger partial charge < -0.3 is 10.3 Å². The van der Waals surface area contributed by atoms with Crippen molar-refractivity contribution in [2.75, 3.05) is 11.9 Å². The average molecular weight is 348 g/mol. The first kappa shape index (κ1) is 16.1. The Bertz CT molecular complexity index is 1120. The minimum absolute atomic E-state index is 0.247. The van der Waals surface area contributed by atoms with E-state index in [2.05, 4.69) is 21.4 Å². The fraction of sp³-hybridized carbons (Fsp3) is 0.100. The third-order valence-corrected chi connectivity index (χ3v) is 4.29. The molecule has 0 spiro atoms. The van der Waals surface area contributed by atoms with Crippen LogP contribution in [-0.2, 0) is 6.42 Å². The zero-order chi connectivity index (χ0) is 17.9. The predicted molar refractivity (Wildman–Crippen MR) is 100 cm³/mol. The average Bonchev–Trinajstić information content (AvgIpc) is 3.06. The minimum atomic E-state index is -0.389. The SMILES string of the molecule is O=c1c(NCCc2c[nH]c3ccccc23)nccn1-c1cccc(F)c1. The molecule has 26 heavy (non-hydrogen) atoms. The molecule has 0 aliphatic rings. The molecule has 0 atom stereocenters. The van der Waals surface area contributed by atoms with Crippen LogP contribution in [0.25, 0.3) is 16.6 Å². The number of fused-ring (bicyclic) bond motifs is 1. The van der Waals surface area contributed by atoms with Gasteiger partial charge in [0.05, 0.1) is 5.69 Å². The number of H-pyrrole nitrogens is 1. The van der Waals surface area contributed by atoms with Crippen molar-refractivity contribution in [3.05, 3.63) is 88.9 Å². The van der Waals surface area contributed by atoms with Crippen molar-refractivity contribution in [2.24, 2.45) is 0 Å². The highest BCUT2D eigenvalue weighted by Gasteiger charge is 2.08. The lowest BCUT2D eigenvalue weighted by atomic mass is 10.1. The molecule has 5 nitrogen and oxygen atoms in total. The normalized spacial score (nSPS) is 11.0. The molecule has 0 unspecified atom stereocenters. The molecule has 0 aliphatic carbocycles. The van der Waals surface area contributed by atoms with Crippen molar-refractivity contribution in [3.63, 3.8) is 0 Å². The summed E-state index contributed by atoms with van der Waals surface area (Å²) in [5, 5.41) is 4.26. The number of para-hydroxylation sites is 1. The molecule has 2 heterocycles. The van der Waals surface area contributed by atoms with Crippen molar-refractivity contribution >= 4 is 16.7 Å². The first-order valence-electron chi connectivity index (χ1n) is 8.35. The molecule has 0 fully saturated rings. The number of aromatic nitrogens is 3. The molecule has 0 saturated heterocycles. The molecule has 2 aromatic carbocycles. The smallest absolute Gasteiger partial charge is 0.297 e. The van der Waals surface area contributed by atoms with E-state index in [4.69, 9.17) is 0 Å². The summed E-state index contributed by atoms with van der Waals surface area (Å²) < 4.78 is 14.8. The van der Waals surface area contributed by atoms with Gasteiger partial charge in [-0.05, 0) is 36.2 Å². The van der Waals surface area contributed by atoms with Gasteiger partial charge in [-0.1, -0.05) is 24.3 Å². The number of anilines is 1. The highest BCUT2D eigenvalue weighted by molar-refractivity contribution is 5.83. The van der Waals surface area contributed by atoms with E-state index in [9.17, 15) is 9.18 Å². The monoisotopic (exact) mass is 348 g/mol. The quantitative estimate of drug-likeness (QED) is 0.580. The Hall–Kier alpha value is -3.41. The standard InChI is InChI=1S/C20H17FN4O/c21-15-4-3-5-16(12-15)25-11-10-23-19(20(25)26)22-9-8-14-13-24-18-7-2-1-6-17(14)18/h1-7,10-13,24H,8-9H2,(H,22,23). The van der Waals surface area contributed by atoms with Crippen LogP contribution >= 0.6 is 0 Å². The van der Waals surface area contributed by atoms with E-state index in [0.717, 1.165) is 11.9 Å². The number of hydrogen-bond donors (Lipinski definition) is 2. The predicted octanol–water partition coefficient (Wildman–Crippen LogP) is 3.51. The van der Waals surface area contributed by atoms with Crippen LogP contribution in [0.4, 0.5) is 10.2 Å². The summed E-state index contributed by atoms with van der Waals surface area (Å²) in [5.41, 5.74) is 2.43. The molecule has 130 valence electrons. The largest absolute Gasteiger partial charge is 0.365 e. The van der Waals surface area contributed by atoms with E-state index in [0.29, 0.717) is 12.2 Å². The van der Waals surface area contributed by atoms with Crippen molar-refractivity contribution < 1.29 is 4.39 Å². The maximum atomic E-state index is 13.4. The van der Waals surface area contributed by atoms with Gasteiger partial charge in [-0.15, -0.1) is 0 Å². The maximum absolute atomic E-state index is 13.4. The van der Waals surface area contributed by atoms with E-state index in [-0.39, 0.29) is 17.2 Å². The molecule has 6 heteroatoms. The Labute approximate surface area is 149 Å². The fourth-order valence-electron chi connectivity index (χ4n) is 3.02. The highest BCUT2D eigenvalue weighted by Crippen LogP contribution is 2.18. The molecular weight excluding hydrogens is 331 g/mol. The van der Waals surface area contributed by atoms with Gasteiger partial charge in [0, 0.05) is 36.0 Å². The molecule has 0 aliphatic heterocycles. The highest BCUT2D eigenvalue weighted by atomic mass is 19.1. The number of rotatable bonds is 5. The Balaban J connectivity index is 1.52. The van der Waals surface area contributed by atoms with Gasteiger partial charge in [-0.25, -0.2) is 9.37 Å². The van der Waals surface area contributed by atoms with Gasteiger partial charge in [0.15, 0.2) is 5.82 Å². The Morgan fingerprint density at radius 3 is 2.92 bits per heavy atom. The Kier molecular flexibility index (Phi) is 4.23. The first-order chi connectivity index (χ1) is 12.7. The van der Waals surface area contributed by atoms with Crippen LogP contribution in [0.5, 0.6) is 0 Å². The van der Waals surface area contributed by atoms with E-state index in [1.807, 2.05) is 24.4 Å². The van der Waals surface area contributed by atoms with Gasteiger partial charge in [-0.2, -0.15) is 0 Å². The van der Waals surface area contributed by atoms with E-state index < -0.39 is 0 Å². The molecule has 4 aromatic rings. The number of hydrogen-bond acceptors (Lipinski definition) is 3. The van der Waals surface area contributed by atoms with E-state index >= 15 is 0 Å². The summed E-state index contributed by atoms with van der Waals surface area (Å²) >= 11 is 0. The minimum Gasteiger partial charge on any atom is -0.365 e. The second-order valence-corrected chi connectivity index (χ2v) is 5.97. The lowest BCUT2D eigenvalue weighted by Gasteiger charge is -2.09. The molecule has 0 amide bonds. The fourth-order valence-corrected chi connectivity index (χ4v) is 3.02. The van der Waals surface area contributed by atoms with Gasteiger partial charge in [-0.3, -0.25) is 9.36 Å². The van der Waals surface area contributed by atoms with Gasteiger partial charge in [0.1, 0.15) is 5.82 Å². The van der Waals surface area contributed by atoms with Crippen LogP contribution in [0.2, 0.25) is 0 Å². The third-order valence-electron chi connectivity index (χ3n) is 4.29. The summed E-state index contributed by atoms with van der Waals surface area (Å²) in [7, 11) is 0. The third kappa shape index (κ3) is 3.09. The number of nitrogens with one attached hydrogen (secondary N) is 2. The molecule has 0 radical (unpaired) electrons. The van der Waals surface area contributed by atoms with Crippen molar-refractivity contribution in [1.82, 2.24) is 14.5 Å². The molecule has 2 N–H and O–H groups in total. The zero-order valence-corrected chi connectivity index (χ0v) is 13.9. The topological polar surface area (TPSA) is 62.7 Å². The maximum Gasteiger partial charge on any atom is 0.297 e. The van der Waals surface area contributed by atoms with Gasteiger partial charge in [0.25, 0.3) is 5.56 Å². The summed E-state index contributed by atoms with van der Waals surface area (Å²) in [6.07, 6.45) is 5.79. The lowest BCUT2D eigenvalue weighted by molar-refractivity contribution is 0.626. The molecule has 4 rings (SSSR count). The summed E-state index contributed by atoms with van der Waals surface area (Å²) in [4.78, 5) is 20.0. The zero-order valence-electron chi connectivity index (χ0n) is 13.9. The molecule has 2 aromatic heterocycles. The number of nitrogens with zero attached hydrogens (tertiary/aromatic N) is 2. The second-order valence-electron chi connectivity index (χ2n) is 5.97. The Morgan fingerprint density at radius 1 is 1.15 bits per heavy atom. The molecule has 0 bridgehead atoms. The number of aromatic amines is 1. The van der Waals surface area contributed by atoms with E-state index in [1.165, 1.54) is 40.0 Å². The second kappa shape index (κ2) is 6.84.